The highest BCUT2D eigenvalue weighted by Gasteiger charge is 2.16. The van der Waals surface area contributed by atoms with Crippen molar-refractivity contribution in [3.63, 3.8) is 0 Å². The maximum Gasteiger partial charge on any atom is 0.241 e. The van der Waals surface area contributed by atoms with Gasteiger partial charge in [-0.15, -0.1) is 0 Å². The minimum atomic E-state index is 0.0309. The summed E-state index contributed by atoms with van der Waals surface area (Å²) >= 11 is 0. The zero-order valence-corrected chi connectivity index (χ0v) is 12.8. The molecule has 0 atom stereocenters. The predicted octanol–water partition coefficient (Wildman–Crippen LogP) is 2.11. The first-order valence-electron chi connectivity index (χ1n) is 7.64. The van der Waals surface area contributed by atoms with E-state index in [0.29, 0.717) is 24.5 Å². The average molecular weight is 286 g/mol. The molecule has 0 unspecified atom stereocenters. The van der Waals surface area contributed by atoms with Crippen LogP contribution in [0, 0.1) is 11.3 Å². The van der Waals surface area contributed by atoms with Crippen LogP contribution in [-0.4, -0.2) is 35.4 Å². The molecule has 1 N–H and O–H groups in total. The Morgan fingerprint density at radius 2 is 2.10 bits per heavy atom. The highest BCUT2D eigenvalue weighted by atomic mass is 16.2. The number of pyridine rings is 1. The molecule has 112 valence electrons. The zero-order chi connectivity index (χ0) is 15.2. The fourth-order valence-corrected chi connectivity index (χ4v) is 2.70. The van der Waals surface area contributed by atoms with Crippen LogP contribution >= 0.6 is 0 Å². The third kappa shape index (κ3) is 3.52. The molecule has 2 rings (SSSR count). The van der Waals surface area contributed by atoms with Crippen molar-refractivity contribution >= 4 is 11.7 Å². The third-order valence-corrected chi connectivity index (χ3v) is 3.94. The molecular formula is C16H22N4O. The summed E-state index contributed by atoms with van der Waals surface area (Å²) in [7, 11) is 0. The van der Waals surface area contributed by atoms with Crippen LogP contribution in [0.1, 0.15) is 43.5 Å². The van der Waals surface area contributed by atoms with Gasteiger partial charge in [-0.2, -0.15) is 5.26 Å². The molecule has 1 aromatic rings. The van der Waals surface area contributed by atoms with Gasteiger partial charge in [-0.05, 0) is 51.2 Å². The molecule has 1 aliphatic rings. The normalized spacial score (nSPS) is 13.2. The quantitative estimate of drug-likeness (QED) is 0.900. The lowest BCUT2D eigenvalue weighted by Crippen LogP contribution is -2.35. The molecular weight excluding hydrogens is 264 g/mol. The summed E-state index contributed by atoms with van der Waals surface area (Å²) in [6, 6.07) is 4.10. The number of nitrogens with one attached hydrogen (secondary N) is 1. The first-order chi connectivity index (χ1) is 10.2. The van der Waals surface area contributed by atoms with E-state index in [0.717, 1.165) is 31.4 Å². The average Bonchev–Trinajstić information content (AvgIpc) is 2.53. The smallest absolute Gasteiger partial charge is 0.241 e. The summed E-state index contributed by atoms with van der Waals surface area (Å²) in [6.07, 6.45) is 4.26. The van der Waals surface area contributed by atoms with Gasteiger partial charge >= 0.3 is 0 Å². The van der Waals surface area contributed by atoms with Crippen LogP contribution in [0.2, 0.25) is 0 Å². The van der Waals surface area contributed by atoms with Gasteiger partial charge in [-0.25, -0.2) is 4.98 Å². The minimum Gasteiger partial charge on any atom is -0.360 e. The van der Waals surface area contributed by atoms with Crippen molar-refractivity contribution in [2.45, 2.75) is 39.5 Å². The summed E-state index contributed by atoms with van der Waals surface area (Å²) in [5.41, 5.74) is 2.78. The van der Waals surface area contributed by atoms with Gasteiger partial charge in [-0.1, -0.05) is 0 Å². The van der Waals surface area contributed by atoms with Crippen LogP contribution in [0.15, 0.2) is 6.07 Å². The van der Waals surface area contributed by atoms with Gasteiger partial charge in [0.05, 0.1) is 12.1 Å². The van der Waals surface area contributed by atoms with Crippen LogP contribution < -0.4 is 5.32 Å². The van der Waals surface area contributed by atoms with Gasteiger partial charge in [0.1, 0.15) is 11.9 Å². The molecule has 21 heavy (non-hydrogen) atoms. The summed E-state index contributed by atoms with van der Waals surface area (Å²) < 4.78 is 0. The van der Waals surface area contributed by atoms with E-state index in [-0.39, 0.29) is 12.5 Å². The number of fused-ring (bicyclic) bond motifs is 1. The number of amides is 1. The highest BCUT2D eigenvalue weighted by Crippen LogP contribution is 2.24. The molecule has 0 radical (unpaired) electrons. The molecule has 1 heterocycles. The van der Waals surface area contributed by atoms with Gasteiger partial charge < -0.3 is 10.2 Å². The number of aromatic nitrogens is 1. The van der Waals surface area contributed by atoms with E-state index in [4.69, 9.17) is 0 Å². The molecule has 0 aliphatic heterocycles. The second-order valence-corrected chi connectivity index (χ2v) is 5.23. The lowest BCUT2D eigenvalue weighted by atomic mass is 9.95. The largest absolute Gasteiger partial charge is 0.360 e. The molecule has 5 heteroatoms. The van der Waals surface area contributed by atoms with Crippen molar-refractivity contribution in [1.82, 2.24) is 9.88 Å². The molecule has 5 nitrogen and oxygen atoms in total. The molecule has 0 spiro atoms. The minimum absolute atomic E-state index is 0.0309. The molecule has 1 aliphatic carbocycles. The number of nitriles is 1. The number of nitrogens with zero attached hydrogens (tertiary/aromatic N) is 3. The van der Waals surface area contributed by atoms with E-state index in [1.807, 2.05) is 19.9 Å². The van der Waals surface area contributed by atoms with Gasteiger partial charge in [-0.3, -0.25) is 4.79 Å². The zero-order valence-electron chi connectivity index (χ0n) is 12.8. The van der Waals surface area contributed by atoms with Crippen molar-refractivity contribution in [2.24, 2.45) is 0 Å². The Balaban J connectivity index is 2.12. The number of aryl methyl sites for hydroxylation is 2. The number of rotatable bonds is 5. The maximum absolute atomic E-state index is 12.0. The molecule has 0 fully saturated rings. The summed E-state index contributed by atoms with van der Waals surface area (Å²) in [5.74, 6) is 0.571. The van der Waals surface area contributed by atoms with Crippen LogP contribution in [0.4, 0.5) is 5.82 Å². The number of carbonyl (C=O) groups excluding carboxylic acids is 1. The molecule has 0 aromatic carbocycles. The first-order valence-corrected chi connectivity index (χ1v) is 7.64. The predicted molar refractivity (Wildman–Crippen MR) is 82.0 cm³/mol. The summed E-state index contributed by atoms with van der Waals surface area (Å²) in [4.78, 5) is 18.3. The van der Waals surface area contributed by atoms with E-state index in [1.54, 1.807) is 4.90 Å². The monoisotopic (exact) mass is 286 g/mol. The molecule has 1 amide bonds. The number of likely N-dealkylation sites (N-methyl/N-ethyl adjacent to an activating group) is 1. The Morgan fingerprint density at radius 3 is 2.76 bits per heavy atom. The number of carbonyl (C=O) groups is 1. The second-order valence-electron chi connectivity index (χ2n) is 5.23. The van der Waals surface area contributed by atoms with Crippen molar-refractivity contribution in [1.29, 1.82) is 5.26 Å². The van der Waals surface area contributed by atoms with Crippen LogP contribution in [0.3, 0.4) is 0 Å². The second kappa shape index (κ2) is 7.07. The molecule has 0 bridgehead atoms. The van der Waals surface area contributed by atoms with Gasteiger partial charge in [0, 0.05) is 18.8 Å². The highest BCUT2D eigenvalue weighted by molar-refractivity contribution is 5.81. The van der Waals surface area contributed by atoms with Crippen LogP contribution in [0.5, 0.6) is 0 Å². The van der Waals surface area contributed by atoms with E-state index in [1.165, 1.54) is 5.56 Å². The van der Waals surface area contributed by atoms with Gasteiger partial charge in [0.15, 0.2) is 0 Å². The molecule has 0 saturated heterocycles. The van der Waals surface area contributed by atoms with Crippen LogP contribution in [-0.2, 0) is 17.6 Å². The Bertz CT molecular complexity index is 558. The Morgan fingerprint density at radius 1 is 1.38 bits per heavy atom. The Labute approximate surface area is 126 Å². The van der Waals surface area contributed by atoms with Crippen LogP contribution in [0.25, 0.3) is 0 Å². The van der Waals surface area contributed by atoms with Crippen molar-refractivity contribution < 1.29 is 4.79 Å². The van der Waals surface area contributed by atoms with Gasteiger partial charge in [0.25, 0.3) is 0 Å². The number of anilines is 1. The van der Waals surface area contributed by atoms with Crippen molar-refractivity contribution in [3.8, 4) is 6.07 Å². The maximum atomic E-state index is 12.0. The first kappa shape index (κ1) is 15.3. The van der Waals surface area contributed by atoms with Crippen molar-refractivity contribution in [3.05, 3.63) is 22.9 Å². The lowest BCUT2D eigenvalue weighted by Gasteiger charge is -2.20. The fraction of sp³-hybridized carbons (Fsp3) is 0.562. The third-order valence-electron chi connectivity index (χ3n) is 3.94. The number of hydrogen-bond acceptors (Lipinski definition) is 4. The van der Waals surface area contributed by atoms with Gasteiger partial charge in [0.2, 0.25) is 5.91 Å². The summed E-state index contributed by atoms with van der Waals surface area (Å²) in [6.45, 7) is 5.49. The Hall–Kier alpha value is -2.09. The lowest BCUT2D eigenvalue weighted by molar-refractivity contribution is -0.128. The topological polar surface area (TPSA) is 69.0 Å². The van der Waals surface area contributed by atoms with E-state index < -0.39 is 0 Å². The van der Waals surface area contributed by atoms with Crippen molar-refractivity contribution in [2.75, 3.05) is 25.0 Å². The van der Waals surface area contributed by atoms with E-state index >= 15 is 0 Å². The van der Waals surface area contributed by atoms with E-state index in [2.05, 4.69) is 16.4 Å². The fourth-order valence-electron chi connectivity index (χ4n) is 2.70. The SMILES string of the molecule is CCN(CC)C(=O)CNc1nc2c(cc1C#N)CCCC2. The summed E-state index contributed by atoms with van der Waals surface area (Å²) in [5, 5.41) is 12.3. The number of hydrogen-bond donors (Lipinski definition) is 1. The van der Waals surface area contributed by atoms with E-state index in [9.17, 15) is 10.1 Å². The molecule has 1 aromatic heterocycles. The standard InChI is InChI=1S/C16H22N4O/c1-3-20(4-2)15(21)11-18-16-13(10-17)9-12-7-5-6-8-14(12)19-16/h9H,3-8,11H2,1-2H3,(H,18,19). The Kier molecular flexibility index (Phi) is 5.15. The molecule has 0 saturated carbocycles.